The molecule has 0 radical (unpaired) electrons. The Morgan fingerprint density at radius 1 is 1.47 bits per heavy atom. The molecular formula is C13H25N3O. The molecule has 0 bridgehead atoms. The van der Waals surface area contributed by atoms with E-state index in [1.165, 1.54) is 0 Å². The number of aromatic nitrogens is 2. The Kier molecular flexibility index (Phi) is 6.22. The van der Waals surface area contributed by atoms with Crippen LogP contribution in [0.1, 0.15) is 39.1 Å². The Labute approximate surface area is 104 Å². The smallest absolute Gasteiger partial charge is 0.125 e. The second kappa shape index (κ2) is 7.45. The molecule has 4 heteroatoms. The molecule has 1 aromatic rings. The van der Waals surface area contributed by atoms with Crippen molar-refractivity contribution in [3.8, 4) is 0 Å². The molecular weight excluding hydrogens is 214 g/mol. The van der Waals surface area contributed by atoms with Crippen molar-refractivity contribution in [1.29, 1.82) is 0 Å². The summed E-state index contributed by atoms with van der Waals surface area (Å²) in [6.07, 6.45) is 4.98. The third-order valence-corrected chi connectivity index (χ3v) is 2.94. The van der Waals surface area contributed by atoms with Crippen molar-refractivity contribution in [2.24, 2.45) is 5.92 Å². The van der Waals surface area contributed by atoms with Gasteiger partial charge in [-0.2, -0.15) is 0 Å². The molecule has 1 rings (SSSR count). The summed E-state index contributed by atoms with van der Waals surface area (Å²) < 4.78 is 7.40. The fourth-order valence-electron chi connectivity index (χ4n) is 2.18. The van der Waals surface area contributed by atoms with Crippen LogP contribution in [-0.4, -0.2) is 29.8 Å². The van der Waals surface area contributed by atoms with Crippen molar-refractivity contribution in [2.45, 2.75) is 39.8 Å². The van der Waals surface area contributed by atoms with Crippen LogP contribution in [0.2, 0.25) is 0 Å². The maximum Gasteiger partial charge on any atom is 0.125 e. The number of methoxy groups -OCH3 is 1. The summed E-state index contributed by atoms with van der Waals surface area (Å²) in [6, 6.07) is 0.320. The first-order chi connectivity index (χ1) is 8.22. The van der Waals surface area contributed by atoms with Crippen LogP contribution in [0.4, 0.5) is 0 Å². The number of nitrogens with zero attached hydrogens (tertiary/aromatic N) is 2. The van der Waals surface area contributed by atoms with Crippen molar-refractivity contribution in [3.63, 3.8) is 0 Å². The van der Waals surface area contributed by atoms with Gasteiger partial charge in [-0.05, 0) is 25.8 Å². The molecule has 4 nitrogen and oxygen atoms in total. The number of imidazole rings is 1. The molecule has 0 saturated heterocycles. The lowest BCUT2D eigenvalue weighted by molar-refractivity contribution is 0.148. The summed E-state index contributed by atoms with van der Waals surface area (Å²) in [5, 5.41) is 3.51. The van der Waals surface area contributed by atoms with Gasteiger partial charge < -0.3 is 14.6 Å². The van der Waals surface area contributed by atoms with Gasteiger partial charge in [0, 0.05) is 32.7 Å². The van der Waals surface area contributed by atoms with E-state index in [1.54, 1.807) is 7.11 Å². The van der Waals surface area contributed by atoms with Crippen LogP contribution < -0.4 is 5.32 Å². The van der Waals surface area contributed by atoms with Crippen LogP contribution in [0, 0.1) is 5.92 Å². The SMILES string of the molecule is CCNC(CC(C)COC)c1nccn1CC. The quantitative estimate of drug-likeness (QED) is 0.756. The molecule has 1 heterocycles. The average Bonchev–Trinajstić information content (AvgIpc) is 2.76. The summed E-state index contributed by atoms with van der Waals surface area (Å²) in [6.45, 7) is 9.22. The van der Waals surface area contributed by atoms with E-state index >= 15 is 0 Å². The predicted octanol–water partition coefficient (Wildman–Crippen LogP) is 2.23. The van der Waals surface area contributed by atoms with Crippen LogP contribution in [-0.2, 0) is 11.3 Å². The molecule has 2 unspecified atom stereocenters. The van der Waals surface area contributed by atoms with Gasteiger partial charge in [0.15, 0.2) is 0 Å². The van der Waals surface area contributed by atoms with Gasteiger partial charge >= 0.3 is 0 Å². The first kappa shape index (κ1) is 14.2. The Balaban J connectivity index is 2.71. The van der Waals surface area contributed by atoms with Crippen molar-refractivity contribution < 1.29 is 4.74 Å². The molecule has 0 amide bonds. The molecule has 0 spiro atoms. The molecule has 17 heavy (non-hydrogen) atoms. The monoisotopic (exact) mass is 239 g/mol. The van der Waals surface area contributed by atoms with Crippen LogP contribution in [0.3, 0.4) is 0 Å². The normalized spacial score (nSPS) is 14.8. The van der Waals surface area contributed by atoms with Gasteiger partial charge in [-0.15, -0.1) is 0 Å². The summed E-state index contributed by atoms with van der Waals surface area (Å²) in [5.41, 5.74) is 0. The summed E-state index contributed by atoms with van der Waals surface area (Å²) >= 11 is 0. The second-order valence-electron chi connectivity index (χ2n) is 4.48. The van der Waals surface area contributed by atoms with Gasteiger partial charge in [-0.3, -0.25) is 0 Å². The van der Waals surface area contributed by atoms with Gasteiger partial charge in [-0.1, -0.05) is 13.8 Å². The largest absolute Gasteiger partial charge is 0.384 e. The average molecular weight is 239 g/mol. The molecule has 2 atom stereocenters. The zero-order chi connectivity index (χ0) is 12.7. The minimum absolute atomic E-state index is 0.320. The van der Waals surface area contributed by atoms with E-state index in [0.29, 0.717) is 12.0 Å². The highest BCUT2D eigenvalue weighted by Gasteiger charge is 2.18. The van der Waals surface area contributed by atoms with E-state index in [9.17, 15) is 0 Å². The van der Waals surface area contributed by atoms with Crippen LogP contribution >= 0.6 is 0 Å². The molecule has 1 aromatic heterocycles. The first-order valence-corrected chi connectivity index (χ1v) is 6.46. The van der Waals surface area contributed by atoms with E-state index in [1.807, 2.05) is 12.4 Å². The summed E-state index contributed by atoms with van der Waals surface area (Å²) in [5.74, 6) is 1.67. The number of nitrogens with one attached hydrogen (secondary N) is 1. The lowest BCUT2D eigenvalue weighted by Gasteiger charge is -2.21. The van der Waals surface area contributed by atoms with E-state index < -0.39 is 0 Å². The van der Waals surface area contributed by atoms with E-state index in [2.05, 4.69) is 35.6 Å². The zero-order valence-electron chi connectivity index (χ0n) is 11.4. The summed E-state index contributed by atoms with van der Waals surface area (Å²) in [4.78, 5) is 4.48. The maximum atomic E-state index is 5.20. The highest BCUT2D eigenvalue weighted by molar-refractivity contribution is 4.99. The van der Waals surface area contributed by atoms with Gasteiger partial charge in [0.25, 0.3) is 0 Å². The van der Waals surface area contributed by atoms with Crippen molar-refractivity contribution in [1.82, 2.24) is 14.9 Å². The Bertz CT molecular complexity index is 311. The molecule has 98 valence electrons. The Morgan fingerprint density at radius 2 is 2.24 bits per heavy atom. The number of ether oxygens (including phenoxy) is 1. The van der Waals surface area contributed by atoms with Gasteiger partial charge in [0.1, 0.15) is 5.82 Å². The van der Waals surface area contributed by atoms with Gasteiger partial charge in [0.05, 0.1) is 6.04 Å². The van der Waals surface area contributed by atoms with Crippen LogP contribution in [0.5, 0.6) is 0 Å². The number of aryl methyl sites for hydroxylation is 1. The van der Waals surface area contributed by atoms with E-state index in [-0.39, 0.29) is 0 Å². The molecule has 0 aliphatic heterocycles. The highest BCUT2D eigenvalue weighted by Crippen LogP contribution is 2.20. The highest BCUT2D eigenvalue weighted by atomic mass is 16.5. The Morgan fingerprint density at radius 3 is 2.82 bits per heavy atom. The third kappa shape index (κ3) is 4.13. The fraction of sp³-hybridized carbons (Fsp3) is 0.769. The van der Waals surface area contributed by atoms with Crippen molar-refractivity contribution in [3.05, 3.63) is 18.2 Å². The summed E-state index contributed by atoms with van der Waals surface area (Å²) in [7, 11) is 1.76. The van der Waals surface area contributed by atoms with Crippen LogP contribution in [0.15, 0.2) is 12.4 Å². The molecule has 0 aliphatic carbocycles. The van der Waals surface area contributed by atoms with E-state index in [4.69, 9.17) is 4.74 Å². The molecule has 0 saturated carbocycles. The predicted molar refractivity (Wildman–Crippen MR) is 70.0 cm³/mol. The third-order valence-electron chi connectivity index (χ3n) is 2.94. The topological polar surface area (TPSA) is 39.1 Å². The standard InChI is InChI=1S/C13H25N3O/c1-5-14-12(9-11(3)10-17-4)13-15-7-8-16(13)6-2/h7-8,11-12,14H,5-6,9-10H2,1-4H3. The lowest BCUT2D eigenvalue weighted by Crippen LogP contribution is -2.26. The number of hydrogen-bond acceptors (Lipinski definition) is 3. The molecule has 0 fully saturated rings. The zero-order valence-corrected chi connectivity index (χ0v) is 11.4. The first-order valence-electron chi connectivity index (χ1n) is 6.46. The second-order valence-corrected chi connectivity index (χ2v) is 4.48. The minimum atomic E-state index is 0.320. The minimum Gasteiger partial charge on any atom is -0.384 e. The molecule has 0 aromatic carbocycles. The van der Waals surface area contributed by atoms with Crippen molar-refractivity contribution in [2.75, 3.05) is 20.3 Å². The van der Waals surface area contributed by atoms with E-state index in [0.717, 1.165) is 31.9 Å². The fourth-order valence-corrected chi connectivity index (χ4v) is 2.18. The maximum absolute atomic E-state index is 5.20. The number of hydrogen-bond donors (Lipinski definition) is 1. The molecule has 0 aliphatic rings. The lowest BCUT2D eigenvalue weighted by atomic mass is 10.0. The Hall–Kier alpha value is -0.870. The van der Waals surface area contributed by atoms with Gasteiger partial charge in [0.2, 0.25) is 0 Å². The number of rotatable bonds is 8. The van der Waals surface area contributed by atoms with Gasteiger partial charge in [-0.25, -0.2) is 4.98 Å². The molecule has 1 N–H and O–H groups in total. The van der Waals surface area contributed by atoms with Crippen molar-refractivity contribution >= 4 is 0 Å². The van der Waals surface area contributed by atoms with Crippen LogP contribution in [0.25, 0.3) is 0 Å².